The average molecular weight is 533 g/mol. The standard InChI is InChI=1S/C23H28N6O7S/c30-20(18-11-13-25-36-18)28-21(19(22(31)32)29-37(33,34)15-7-2-1-3-8-15)35-14-6-12-24-23-26-16-9-4-5-10-17(16)27-23/h1-3,7-8,11,13,19,21,29H,4-6,9-10,12,14H2,(H,28,30)(H,31,32)(H2,24,26,27). The van der Waals surface area contributed by atoms with Crippen LogP contribution < -0.4 is 15.4 Å². The molecule has 14 heteroatoms. The topological polar surface area (TPSA) is 189 Å². The molecule has 3 aromatic rings. The van der Waals surface area contributed by atoms with E-state index < -0.39 is 34.2 Å². The number of aliphatic carboxylic acids is 1. The number of ether oxygens (including phenoxy) is 1. The Morgan fingerprint density at radius 1 is 1.16 bits per heavy atom. The third-order valence-electron chi connectivity index (χ3n) is 5.71. The number of sulfonamides is 1. The molecular weight excluding hydrogens is 504 g/mol. The zero-order valence-electron chi connectivity index (χ0n) is 19.8. The van der Waals surface area contributed by atoms with E-state index in [0.29, 0.717) is 18.9 Å². The molecule has 0 fully saturated rings. The fourth-order valence-electron chi connectivity index (χ4n) is 3.86. The number of rotatable bonds is 13. The van der Waals surface area contributed by atoms with Crippen LogP contribution in [0, 0.1) is 0 Å². The molecule has 0 saturated carbocycles. The molecule has 4 rings (SSSR count). The van der Waals surface area contributed by atoms with Gasteiger partial charge >= 0.3 is 5.97 Å². The highest BCUT2D eigenvalue weighted by Gasteiger charge is 2.35. The van der Waals surface area contributed by atoms with Gasteiger partial charge in [-0.1, -0.05) is 23.4 Å². The van der Waals surface area contributed by atoms with Gasteiger partial charge in [-0.3, -0.25) is 9.59 Å². The summed E-state index contributed by atoms with van der Waals surface area (Å²) in [7, 11) is -4.23. The van der Waals surface area contributed by atoms with Crippen LogP contribution in [0.2, 0.25) is 0 Å². The number of carbonyl (C=O) groups is 2. The van der Waals surface area contributed by atoms with Crippen LogP contribution in [0.15, 0.2) is 52.0 Å². The van der Waals surface area contributed by atoms with Crippen LogP contribution in [0.1, 0.15) is 41.2 Å². The van der Waals surface area contributed by atoms with Crippen molar-refractivity contribution in [2.75, 3.05) is 18.5 Å². The summed E-state index contributed by atoms with van der Waals surface area (Å²) in [4.78, 5) is 32.3. The first kappa shape index (κ1) is 26.3. The van der Waals surface area contributed by atoms with Crippen molar-refractivity contribution in [1.82, 2.24) is 25.2 Å². The highest BCUT2D eigenvalue weighted by atomic mass is 32.2. The number of aryl methyl sites for hydroxylation is 2. The van der Waals surface area contributed by atoms with Crippen LogP contribution in [0.3, 0.4) is 0 Å². The third-order valence-corrected chi connectivity index (χ3v) is 7.16. The minimum absolute atomic E-state index is 0.00557. The van der Waals surface area contributed by atoms with E-state index in [1.165, 1.54) is 36.5 Å². The third kappa shape index (κ3) is 6.93. The molecular formula is C23H28N6O7S. The molecule has 0 saturated heterocycles. The number of benzene rings is 1. The maximum absolute atomic E-state index is 12.8. The molecule has 0 spiro atoms. The monoisotopic (exact) mass is 532 g/mol. The Morgan fingerprint density at radius 2 is 1.95 bits per heavy atom. The Morgan fingerprint density at radius 3 is 2.65 bits per heavy atom. The van der Waals surface area contributed by atoms with Crippen molar-refractivity contribution in [3.8, 4) is 0 Å². The van der Waals surface area contributed by atoms with Crippen molar-refractivity contribution >= 4 is 27.8 Å². The second-order valence-corrected chi connectivity index (χ2v) is 10.1. The van der Waals surface area contributed by atoms with Crippen molar-refractivity contribution in [3.63, 3.8) is 0 Å². The number of carboxylic acid groups (broad SMARTS) is 1. The van der Waals surface area contributed by atoms with Gasteiger partial charge in [0.1, 0.15) is 0 Å². The molecule has 1 aliphatic rings. The SMILES string of the molecule is O=C(NC(OCCCNc1nc2c([nH]1)CCCC2)C(NS(=O)(=O)c1ccccc1)C(=O)O)c1ccno1. The number of carboxylic acids is 1. The van der Waals surface area contributed by atoms with Gasteiger partial charge in [-0.25, -0.2) is 13.4 Å². The van der Waals surface area contributed by atoms with Crippen molar-refractivity contribution in [1.29, 1.82) is 0 Å². The lowest BCUT2D eigenvalue weighted by atomic mass is 10.0. The van der Waals surface area contributed by atoms with Crippen LogP contribution in [0.5, 0.6) is 0 Å². The van der Waals surface area contributed by atoms with Crippen molar-refractivity contribution in [2.24, 2.45) is 0 Å². The van der Waals surface area contributed by atoms with Crippen molar-refractivity contribution in [2.45, 2.75) is 49.3 Å². The highest BCUT2D eigenvalue weighted by Crippen LogP contribution is 2.20. The first-order valence-electron chi connectivity index (χ1n) is 11.8. The van der Waals surface area contributed by atoms with Gasteiger partial charge < -0.3 is 30.0 Å². The summed E-state index contributed by atoms with van der Waals surface area (Å²) in [5.74, 6) is -1.89. The highest BCUT2D eigenvalue weighted by molar-refractivity contribution is 7.89. The van der Waals surface area contributed by atoms with E-state index >= 15 is 0 Å². The molecule has 2 aromatic heterocycles. The largest absolute Gasteiger partial charge is 0.480 e. The number of hydrogen-bond donors (Lipinski definition) is 5. The van der Waals surface area contributed by atoms with Gasteiger partial charge in [0.2, 0.25) is 21.7 Å². The fourth-order valence-corrected chi connectivity index (χ4v) is 5.07. The molecule has 0 bridgehead atoms. The van der Waals surface area contributed by atoms with Gasteiger partial charge in [0.25, 0.3) is 5.91 Å². The second-order valence-electron chi connectivity index (χ2n) is 8.39. The number of aromatic nitrogens is 3. The minimum Gasteiger partial charge on any atom is -0.480 e. The number of amides is 1. The number of aromatic amines is 1. The fraction of sp³-hybridized carbons (Fsp3) is 0.391. The first-order valence-corrected chi connectivity index (χ1v) is 13.3. The molecule has 0 aliphatic heterocycles. The molecule has 1 amide bonds. The van der Waals surface area contributed by atoms with E-state index in [-0.39, 0.29) is 17.3 Å². The number of imidazole rings is 1. The average Bonchev–Trinajstić information content (AvgIpc) is 3.57. The summed E-state index contributed by atoms with van der Waals surface area (Å²) in [6.07, 6.45) is 4.26. The van der Waals surface area contributed by atoms with Gasteiger partial charge in [-0.05, 0) is 44.2 Å². The van der Waals surface area contributed by atoms with Crippen molar-refractivity contribution < 1.29 is 32.4 Å². The van der Waals surface area contributed by atoms with Gasteiger partial charge in [0, 0.05) is 18.3 Å². The molecule has 0 radical (unpaired) electrons. The molecule has 1 aromatic carbocycles. The van der Waals surface area contributed by atoms with E-state index in [0.717, 1.165) is 37.1 Å². The normalized spacial score (nSPS) is 14.9. The van der Waals surface area contributed by atoms with Crippen molar-refractivity contribution in [3.05, 3.63) is 59.7 Å². The summed E-state index contributed by atoms with van der Waals surface area (Å²) in [5, 5.41) is 18.8. The quantitative estimate of drug-likeness (QED) is 0.158. The van der Waals surface area contributed by atoms with Crippen LogP contribution >= 0.6 is 0 Å². The van der Waals surface area contributed by atoms with E-state index in [2.05, 4.69) is 30.5 Å². The Hall–Kier alpha value is -3.75. The summed E-state index contributed by atoms with van der Waals surface area (Å²) in [6.45, 7) is 0.453. The van der Waals surface area contributed by atoms with Gasteiger partial charge in [0.05, 0.1) is 23.4 Å². The molecule has 5 N–H and O–H groups in total. The molecule has 13 nitrogen and oxygen atoms in total. The Labute approximate surface area is 213 Å². The number of nitrogens with zero attached hydrogens (tertiary/aromatic N) is 2. The Bertz CT molecular complexity index is 1270. The first-order chi connectivity index (χ1) is 17.8. The number of anilines is 1. The van der Waals surface area contributed by atoms with E-state index in [4.69, 9.17) is 9.26 Å². The summed E-state index contributed by atoms with van der Waals surface area (Å²) >= 11 is 0. The number of fused-ring (bicyclic) bond motifs is 1. The number of nitrogens with one attached hydrogen (secondary N) is 4. The molecule has 198 valence electrons. The zero-order valence-corrected chi connectivity index (χ0v) is 20.7. The van der Waals surface area contributed by atoms with E-state index in [1.807, 2.05) is 0 Å². The Balaban J connectivity index is 1.40. The van der Waals surface area contributed by atoms with Crippen LogP contribution in [-0.2, 0) is 32.4 Å². The summed E-state index contributed by atoms with van der Waals surface area (Å²) < 4.78 is 38.2. The maximum atomic E-state index is 12.8. The number of carbonyl (C=O) groups excluding carboxylic acids is 1. The lowest BCUT2D eigenvalue weighted by molar-refractivity contribution is -0.143. The van der Waals surface area contributed by atoms with E-state index in [1.54, 1.807) is 6.07 Å². The maximum Gasteiger partial charge on any atom is 0.326 e. The zero-order chi connectivity index (χ0) is 26.3. The number of hydrogen-bond acceptors (Lipinski definition) is 9. The molecule has 2 heterocycles. The van der Waals surface area contributed by atoms with Gasteiger partial charge in [-0.2, -0.15) is 4.72 Å². The summed E-state index contributed by atoms with van der Waals surface area (Å²) in [6, 6.07) is 6.73. The van der Waals surface area contributed by atoms with Crippen LogP contribution in [-0.4, -0.2) is 65.9 Å². The lowest BCUT2D eigenvalue weighted by Gasteiger charge is -2.25. The Kier molecular flexibility index (Phi) is 8.53. The predicted octanol–water partition coefficient (Wildman–Crippen LogP) is 1.28. The van der Waals surface area contributed by atoms with Gasteiger partial charge in [0.15, 0.2) is 12.3 Å². The smallest absolute Gasteiger partial charge is 0.326 e. The molecule has 2 atom stereocenters. The second kappa shape index (κ2) is 12.0. The number of H-pyrrole nitrogens is 1. The molecule has 1 aliphatic carbocycles. The minimum atomic E-state index is -4.23. The predicted molar refractivity (Wildman–Crippen MR) is 130 cm³/mol. The van der Waals surface area contributed by atoms with E-state index in [9.17, 15) is 23.1 Å². The van der Waals surface area contributed by atoms with Crippen LogP contribution in [0.4, 0.5) is 5.95 Å². The van der Waals surface area contributed by atoms with Crippen LogP contribution in [0.25, 0.3) is 0 Å². The molecule has 2 unspecified atom stereocenters. The van der Waals surface area contributed by atoms with Gasteiger partial charge in [-0.15, -0.1) is 0 Å². The lowest BCUT2D eigenvalue weighted by Crippen LogP contribution is -2.56. The summed E-state index contributed by atoms with van der Waals surface area (Å²) in [5.41, 5.74) is 2.20. The molecule has 37 heavy (non-hydrogen) atoms.